The lowest BCUT2D eigenvalue weighted by Crippen LogP contribution is -2.39. The van der Waals surface area contributed by atoms with E-state index in [4.69, 9.17) is 16.0 Å². The molecular weight excluding hydrogens is 451 g/mol. The van der Waals surface area contributed by atoms with Gasteiger partial charge < -0.3 is 15.1 Å². The maximum absolute atomic E-state index is 5.80. The molecule has 2 aromatic heterocycles. The Balaban J connectivity index is 0.00000312. The summed E-state index contributed by atoms with van der Waals surface area (Å²) in [4.78, 5) is 8.71. The third kappa shape index (κ3) is 9.11. The molecule has 0 radical (unpaired) electrons. The molecule has 0 unspecified atom stereocenters. The summed E-state index contributed by atoms with van der Waals surface area (Å²) < 4.78 is 5.34. The number of aliphatic imine (C=N–C) groups is 1. The van der Waals surface area contributed by atoms with Crippen molar-refractivity contribution in [2.24, 2.45) is 10.9 Å². The van der Waals surface area contributed by atoms with E-state index < -0.39 is 0 Å². The summed E-state index contributed by atoms with van der Waals surface area (Å²) in [6, 6.07) is 7.69. The van der Waals surface area contributed by atoms with Gasteiger partial charge in [-0.15, -0.1) is 24.0 Å². The molecule has 7 heteroatoms. The molecule has 2 rings (SSSR count). The minimum atomic E-state index is 0. The molecule has 138 valence electrons. The van der Waals surface area contributed by atoms with Gasteiger partial charge in [-0.3, -0.25) is 4.99 Å². The molecule has 0 fully saturated rings. The van der Waals surface area contributed by atoms with E-state index in [-0.39, 0.29) is 24.0 Å². The Morgan fingerprint density at radius 3 is 2.56 bits per heavy atom. The number of rotatable bonds is 8. The maximum Gasteiger partial charge on any atom is 0.191 e. The van der Waals surface area contributed by atoms with E-state index in [1.165, 1.54) is 0 Å². The molecule has 0 spiro atoms. The summed E-state index contributed by atoms with van der Waals surface area (Å²) in [6.07, 6.45) is 5.20. The van der Waals surface area contributed by atoms with E-state index in [1.807, 2.05) is 24.3 Å². The van der Waals surface area contributed by atoms with Gasteiger partial charge in [0.1, 0.15) is 10.9 Å². The third-order valence-corrected chi connectivity index (χ3v) is 3.58. The van der Waals surface area contributed by atoms with Crippen LogP contribution in [0.25, 0.3) is 0 Å². The molecule has 0 atom stereocenters. The van der Waals surface area contributed by atoms with Crippen molar-refractivity contribution in [3.63, 3.8) is 0 Å². The fraction of sp³-hybridized carbons (Fsp3) is 0.444. The van der Waals surface area contributed by atoms with Crippen molar-refractivity contribution in [1.29, 1.82) is 0 Å². The second-order valence-corrected chi connectivity index (χ2v) is 6.39. The molecule has 2 N–H and O–H groups in total. The number of nitrogens with zero attached hydrogens (tertiary/aromatic N) is 2. The van der Waals surface area contributed by atoms with E-state index in [0.29, 0.717) is 11.1 Å². The van der Waals surface area contributed by atoms with Crippen LogP contribution in [0.5, 0.6) is 0 Å². The van der Waals surface area contributed by atoms with Crippen LogP contribution in [0.3, 0.4) is 0 Å². The van der Waals surface area contributed by atoms with E-state index in [0.717, 1.165) is 49.8 Å². The number of furan rings is 1. The topological polar surface area (TPSA) is 62.5 Å². The Hall–Kier alpha value is -1.28. The monoisotopic (exact) mass is 476 g/mol. The number of aromatic nitrogens is 1. The molecule has 2 heterocycles. The molecule has 0 saturated heterocycles. The number of hydrogen-bond acceptors (Lipinski definition) is 3. The van der Waals surface area contributed by atoms with Gasteiger partial charge in [-0.25, -0.2) is 4.98 Å². The predicted molar refractivity (Wildman–Crippen MR) is 114 cm³/mol. The second kappa shape index (κ2) is 12.1. The van der Waals surface area contributed by atoms with Crippen LogP contribution in [0.4, 0.5) is 0 Å². The molecule has 2 aromatic rings. The largest absolute Gasteiger partial charge is 0.469 e. The van der Waals surface area contributed by atoms with Crippen molar-refractivity contribution in [2.45, 2.75) is 26.7 Å². The lowest BCUT2D eigenvalue weighted by Gasteiger charge is -2.13. The summed E-state index contributed by atoms with van der Waals surface area (Å²) in [5, 5.41) is 7.24. The molecule has 25 heavy (non-hydrogen) atoms. The molecular formula is C18H26ClIN4O. The van der Waals surface area contributed by atoms with Gasteiger partial charge in [-0.1, -0.05) is 31.5 Å². The molecule has 0 amide bonds. The van der Waals surface area contributed by atoms with Gasteiger partial charge in [0.05, 0.1) is 6.26 Å². The van der Waals surface area contributed by atoms with Crippen LogP contribution >= 0.6 is 35.6 Å². The summed E-state index contributed by atoms with van der Waals surface area (Å²) in [6.45, 7) is 6.67. The van der Waals surface area contributed by atoms with E-state index >= 15 is 0 Å². The highest BCUT2D eigenvalue weighted by atomic mass is 127. The molecule has 5 nitrogen and oxygen atoms in total. The number of nitrogens with one attached hydrogen (secondary N) is 2. The van der Waals surface area contributed by atoms with Gasteiger partial charge in [-0.2, -0.15) is 0 Å². The minimum Gasteiger partial charge on any atom is -0.469 e. The fourth-order valence-corrected chi connectivity index (χ4v) is 2.20. The number of guanidine groups is 1. The maximum atomic E-state index is 5.80. The average molecular weight is 477 g/mol. The van der Waals surface area contributed by atoms with Gasteiger partial charge in [0.2, 0.25) is 0 Å². The Labute approximate surface area is 171 Å². The van der Waals surface area contributed by atoms with Gasteiger partial charge in [0.15, 0.2) is 5.96 Å². The highest BCUT2D eigenvalue weighted by Gasteiger charge is 2.02. The first-order valence-corrected chi connectivity index (χ1v) is 8.66. The number of halogens is 2. The van der Waals surface area contributed by atoms with Crippen LogP contribution in [0, 0.1) is 5.92 Å². The van der Waals surface area contributed by atoms with Crippen LogP contribution in [-0.4, -0.2) is 30.6 Å². The van der Waals surface area contributed by atoms with Crippen molar-refractivity contribution in [3.8, 4) is 0 Å². The molecule has 0 aromatic carbocycles. The van der Waals surface area contributed by atoms with Gasteiger partial charge in [0.25, 0.3) is 0 Å². The summed E-state index contributed by atoms with van der Waals surface area (Å²) in [5.41, 5.74) is 1.14. The summed E-state index contributed by atoms with van der Waals surface area (Å²) in [7, 11) is 0. The van der Waals surface area contributed by atoms with Crippen molar-refractivity contribution in [2.75, 3.05) is 19.6 Å². The Morgan fingerprint density at radius 2 is 1.96 bits per heavy atom. The smallest absolute Gasteiger partial charge is 0.191 e. The third-order valence-electron chi connectivity index (χ3n) is 3.35. The zero-order chi connectivity index (χ0) is 17.2. The molecule has 0 aliphatic rings. The van der Waals surface area contributed by atoms with Gasteiger partial charge >= 0.3 is 0 Å². The SMILES string of the molecule is CC(C)CN=C(NCCc1ccc(Cl)nc1)NCCc1ccco1.I. The van der Waals surface area contributed by atoms with E-state index in [2.05, 4.69) is 34.5 Å². The second-order valence-electron chi connectivity index (χ2n) is 6.01. The van der Waals surface area contributed by atoms with Gasteiger partial charge in [0, 0.05) is 32.3 Å². The van der Waals surface area contributed by atoms with Crippen molar-refractivity contribution in [3.05, 3.63) is 53.2 Å². The first kappa shape index (κ1) is 21.8. The van der Waals surface area contributed by atoms with Crippen LogP contribution in [0.1, 0.15) is 25.2 Å². The molecule has 0 bridgehead atoms. The zero-order valence-corrected chi connectivity index (χ0v) is 17.8. The van der Waals surface area contributed by atoms with Crippen LogP contribution < -0.4 is 10.6 Å². The van der Waals surface area contributed by atoms with Crippen molar-refractivity contribution in [1.82, 2.24) is 15.6 Å². The quantitative estimate of drug-likeness (QED) is 0.262. The standard InChI is InChI=1S/C18H25ClN4O.HI/c1-14(2)12-23-18(21-10-8-16-4-3-11-24-16)20-9-7-15-5-6-17(19)22-13-15;/h3-6,11,13-14H,7-10,12H2,1-2H3,(H2,20,21,23);1H. The van der Waals surface area contributed by atoms with Crippen LogP contribution in [-0.2, 0) is 12.8 Å². The lowest BCUT2D eigenvalue weighted by atomic mass is 10.2. The van der Waals surface area contributed by atoms with Crippen molar-refractivity contribution >= 4 is 41.5 Å². The molecule has 0 saturated carbocycles. The Kier molecular flexibility index (Phi) is 10.6. The minimum absolute atomic E-state index is 0. The van der Waals surface area contributed by atoms with Gasteiger partial charge in [-0.05, 0) is 36.1 Å². The summed E-state index contributed by atoms with van der Waals surface area (Å²) in [5.74, 6) is 2.32. The van der Waals surface area contributed by atoms with Crippen molar-refractivity contribution < 1.29 is 4.42 Å². The zero-order valence-electron chi connectivity index (χ0n) is 14.7. The van der Waals surface area contributed by atoms with Crippen LogP contribution in [0.2, 0.25) is 5.15 Å². The number of pyridine rings is 1. The van der Waals surface area contributed by atoms with Crippen LogP contribution in [0.15, 0.2) is 46.1 Å². The lowest BCUT2D eigenvalue weighted by molar-refractivity contribution is 0.506. The Morgan fingerprint density at radius 1 is 1.20 bits per heavy atom. The van der Waals surface area contributed by atoms with E-state index in [9.17, 15) is 0 Å². The van der Waals surface area contributed by atoms with E-state index in [1.54, 1.807) is 12.5 Å². The highest BCUT2D eigenvalue weighted by Crippen LogP contribution is 2.05. The molecule has 0 aliphatic carbocycles. The average Bonchev–Trinajstić information content (AvgIpc) is 3.07. The first-order chi connectivity index (χ1) is 11.6. The molecule has 0 aliphatic heterocycles. The number of hydrogen-bond donors (Lipinski definition) is 2. The predicted octanol–water partition coefficient (Wildman–Crippen LogP) is 3.92. The first-order valence-electron chi connectivity index (χ1n) is 8.28. The normalized spacial score (nSPS) is 11.3. The Bertz CT molecular complexity index is 615. The fourth-order valence-electron chi connectivity index (χ4n) is 2.09. The summed E-state index contributed by atoms with van der Waals surface area (Å²) >= 11 is 5.80. The highest BCUT2D eigenvalue weighted by molar-refractivity contribution is 14.0.